The van der Waals surface area contributed by atoms with E-state index < -0.39 is 5.97 Å². The topological polar surface area (TPSA) is 69.6 Å². The maximum absolute atomic E-state index is 10.8. The molecule has 0 radical (unpaired) electrons. The highest BCUT2D eigenvalue weighted by Crippen LogP contribution is 2.28. The number of likely N-dealkylation sites (tertiary alicyclic amines) is 1. The van der Waals surface area contributed by atoms with Gasteiger partial charge in [-0.1, -0.05) is 0 Å². The second-order valence-corrected chi connectivity index (χ2v) is 6.68. The summed E-state index contributed by atoms with van der Waals surface area (Å²) in [4.78, 5) is 24.7. The second-order valence-electron chi connectivity index (χ2n) is 6.68. The van der Waals surface area contributed by atoms with E-state index in [-0.39, 0.29) is 6.42 Å². The number of hydrogen-bond acceptors (Lipinski definition) is 5. The van der Waals surface area contributed by atoms with Crippen LogP contribution in [0.4, 0.5) is 5.82 Å². The Bertz CT molecular complexity index is 558. The summed E-state index contributed by atoms with van der Waals surface area (Å²) in [6.07, 6.45) is 4.93. The summed E-state index contributed by atoms with van der Waals surface area (Å²) >= 11 is 0. The first-order chi connectivity index (χ1) is 11.1. The van der Waals surface area contributed by atoms with Crippen molar-refractivity contribution in [2.75, 3.05) is 37.6 Å². The number of aryl methyl sites for hydroxylation is 1. The normalized spacial score (nSPS) is 22.5. The molecular weight excluding hydrogens is 292 g/mol. The third-order valence-electron chi connectivity index (χ3n) is 4.84. The molecule has 23 heavy (non-hydrogen) atoms. The zero-order valence-electron chi connectivity index (χ0n) is 13.9. The fraction of sp³-hybridized carbons (Fsp3) is 0.706. The Morgan fingerprint density at radius 2 is 2.04 bits per heavy atom. The average molecular weight is 318 g/mol. The lowest BCUT2D eigenvalue weighted by atomic mass is 9.94. The first-order valence-electron chi connectivity index (χ1n) is 8.66. The molecule has 2 fully saturated rings. The molecule has 2 saturated heterocycles. The molecule has 1 N–H and O–H groups in total. The molecule has 2 aliphatic heterocycles. The SMILES string of the molecule is Cc1nc([C@H]2CCCN(CCC(=O)O)C2)cc(N2CCCC2)n1. The predicted molar refractivity (Wildman–Crippen MR) is 88.9 cm³/mol. The third kappa shape index (κ3) is 4.19. The van der Waals surface area contributed by atoms with Crippen molar-refractivity contribution in [1.82, 2.24) is 14.9 Å². The Morgan fingerprint density at radius 1 is 1.26 bits per heavy atom. The maximum Gasteiger partial charge on any atom is 0.304 e. The third-order valence-corrected chi connectivity index (χ3v) is 4.84. The number of nitrogens with zero attached hydrogens (tertiary/aromatic N) is 4. The van der Waals surface area contributed by atoms with Crippen molar-refractivity contribution in [3.05, 3.63) is 17.6 Å². The van der Waals surface area contributed by atoms with E-state index in [9.17, 15) is 4.79 Å². The van der Waals surface area contributed by atoms with E-state index in [4.69, 9.17) is 5.11 Å². The lowest BCUT2D eigenvalue weighted by Crippen LogP contribution is -2.36. The van der Waals surface area contributed by atoms with E-state index >= 15 is 0 Å². The number of aromatic nitrogens is 2. The van der Waals surface area contributed by atoms with Crippen molar-refractivity contribution in [3.63, 3.8) is 0 Å². The lowest BCUT2D eigenvalue weighted by molar-refractivity contribution is -0.137. The lowest BCUT2D eigenvalue weighted by Gasteiger charge is -2.32. The first-order valence-corrected chi connectivity index (χ1v) is 8.66. The Balaban J connectivity index is 1.71. The molecule has 0 aromatic carbocycles. The van der Waals surface area contributed by atoms with Gasteiger partial charge in [-0.25, -0.2) is 9.97 Å². The first kappa shape index (κ1) is 16.2. The molecule has 6 heteroatoms. The highest BCUT2D eigenvalue weighted by atomic mass is 16.4. The van der Waals surface area contributed by atoms with Crippen molar-refractivity contribution in [3.8, 4) is 0 Å². The number of piperidine rings is 1. The summed E-state index contributed by atoms with van der Waals surface area (Å²) in [6.45, 7) is 6.68. The summed E-state index contributed by atoms with van der Waals surface area (Å²) in [6, 6.07) is 2.16. The molecule has 126 valence electrons. The highest BCUT2D eigenvalue weighted by molar-refractivity contribution is 5.66. The zero-order valence-corrected chi connectivity index (χ0v) is 13.9. The minimum atomic E-state index is -0.721. The van der Waals surface area contributed by atoms with Crippen LogP contribution in [0.3, 0.4) is 0 Å². The van der Waals surface area contributed by atoms with E-state index in [1.54, 1.807) is 0 Å². The smallest absolute Gasteiger partial charge is 0.304 e. The molecule has 0 unspecified atom stereocenters. The van der Waals surface area contributed by atoms with Crippen LogP contribution in [0.5, 0.6) is 0 Å². The molecule has 0 aliphatic carbocycles. The van der Waals surface area contributed by atoms with Gasteiger partial charge >= 0.3 is 5.97 Å². The van der Waals surface area contributed by atoms with E-state index in [1.807, 2.05) is 6.92 Å². The van der Waals surface area contributed by atoms with Gasteiger partial charge in [-0.15, -0.1) is 0 Å². The van der Waals surface area contributed by atoms with Crippen LogP contribution >= 0.6 is 0 Å². The molecular formula is C17H26N4O2. The Morgan fingerprint density at radius 3 is 2.78 bits per heavy atom. The molecule has 0 spiro atoms. The van der Waals surface area contributed by atoms with E-state index in [0.29, 0.717) is 12.5 Å². The van der Waals surface area contributed by atoms with Crippen LogP contribution in [0.25, 0.3) is 0 Å². The minimum absolute atomic E-state index is 0.217. The number of rotatable bonds is 5. The van der Waals surface area contributed by atoms with Crippen LogP contribution in [0.2, 0.25) is 0 Å². The number of carbonyl (C=O) groups is 1. The van der Waals surface area contributed by atoms with Crippen molar-refractivity contribution in [2.24, 2.45) is 0 Å². The van der Waals surface area contributed by atoms with Gasteiger partial charge in [0.1, 0.15) is 11.6 Å². The highest BCUT2D eigenvalue weighted by Gasteiger charge is 2.24. The van der Waals surface area contributed by atoms with Crippen molar-refractivity contribution in [2.45, 2.75) is 44.9 Å². The summed E-state index contributed by atoms with van der Waals surface area (Å²) < 4.78 is 0. The molecule has 0 amide bonds. The molecule has 2 aliphatic rings. The standard InChI is InChI=1S/C17H26N4O2/c1-13-18-15(11-16(19-13)21-8-2-3-9-21)14-5-4-7-20(12-14)10-6-17(22)23/h11,14H,2-10,12H2,1H3,(H,22,23)/t14-/m0/s1. The van der Waals surface area contributed by atoms with Gasteiger partial charge in [-0.3, -0.25) is 4.79 Å². The Hall–Kier alpha value is -1.69. The Labute approximate surface area is 137 Å². The largest absolute Gasteiger partial charge is 0.481 e. The molecule has 1 atom stereocenters. The fourth-order valence-corrected chi connectivity index (χ4v) is 3.65. The second kappa shape index (κ2) is 7.25. The van der Waals surface area contributed by atoms with Crippen LogP contribution in [0.15, 0.2) is 6.07 Å². The van der Waals surface area contributed by atoms with Gasteiger partial charge in [0.05, 0.1) is 12.1 Å². The number of carboxylic acid groups (broad SMARTS) is 1. The van der Waals surface area contributed by atoms with Crippen LogP contribution < -0.4 is 4.90 Å². The molecule has 6 nitrogen and oxygen atoms in total. The van der Waals surface area contributed by atoms with Crippen LogP contribution in [-0.4, -0.2) is 58.7 Å². The Kier molecular flexibility index (Phi) is 5.10. The number of carboxylic acids is 1. The zero-order chi connectivity index (χ0) is 16.2. The number of aliphatic carboxylic acids is 1. The van der Waals surface area contributed by atoms with E-state index in [0.717, 1.165) is 56.4 Å². The van der Waals surface area contributed by atoms with Gasteiger partial charge in [-0.2, -0.15) is 0 Å². The van der Waals surface area contributed by atoms with Gasteiger partial charge < -0.3 is 14.9 Å². The van der Waals surface area contributed by atoms with Crippen molar-refractivity contribution in [1.29, 1.82) is 0 Å². The van der Waals surface area contributed by atoms with Crippen LogP contribution in [0, 0.1) is 6.92 Å². The molecule has 3 heterocycles. The van der Waals surface area contributed by atoms with E-state index in [2.05, 4.69) is 25.8 Å². The number of anilines is 1. The van der Waals surface area contributed by atoms with Gasteiger partial charge in [0, 0.05) is 38.2 Å². The van der Waals surface area contributed by atoms with Crippen LogP contribution in [0.1, 0.15) is 49.5 Å². The molecule has 0 bridgehead atoms. The average Bonchev–Trinajstić information content (AvgIpc) is 3.07. The van der Waals surface area contributed by atoms with Gasteiger partial charge in [0.25, 0.3) is 0 Å². The molecule has 1 aromatic rings. The summed E-state index contributed by atoms with van der Waals surface area (Å²) in [5, 5.41) is 8.87. The fourth-order valence-electron chi connectivity index (χ4n) is 3.65. The van der Waals surface area contributed by atoms with Gasteiger partial charge in [-0.05, 0) is 39.2 Å². The molecule has 3 rings (SSSR count). The molecule has 1 aromatic heterocycles. The van der Waals surface area contributed by atoms with Gasteiger partial charge in [0.2, 0.25) is 0 Å². The van der Waals surface area contributed by atoms with Crippen LogP contribution in [-0.2, 0) is 4.79 Å². The van der Waals surface area contributed by atoms with E-state index in [1.165, 1.54) is 12.8 Å². The quantitative estimate of drug-likeness (QED) is 0.896. The minimum Gasteiger partial charge on any atom is -0.481 e. The predicted octanol–water partition coefficient (Wildman–Crippen LogP) is 2.04. The monoisotopic (exact) mass is 318 g/mol. The van der Waals surface area contributed by atoms with Crippen molar-refractivity contribution < 1.29 is 9.90 Å². The summed E-state index contributed by atoms with van der Waals surface area (Å²) in [5.74, 6) is 1.57. The summed E-state index contributed by atoms with van der Waals surface area (Å²) in [7, 11) is 0. The van der Waals surface area contributed by atoms with Gasteiger partial charge in [0.15, 0.2) is 0 Å². The summed E-state index contributed by atoms with van der Waals surface area (Å²) in [5.41, 5.74) is 1.12. The molecule has 0 saturated carbocycles. The number of hydrogen-bond donors (Lipinski definition) is 1. The van der Waals surface area contributed by atoms with Crippen molar-refractivity contribution >= 4 is 11.8 Å². The maximum atomic E-state index is 10.8.